The molecule has 0 fully saturated rings. The van der Waals surface area contributed by atoms with Gasteiger partial charge in [0.2, 0.25) is 0 Å². The van der Waals surface area contributed by atoms with E-state index >= 15 is 0 Å². The molecular formula is C25H29NO5. The van der Waals surface area contributed by atoms with E-state index in [1.54, 1.807) is 43.4 Å². The van der Waals surface area contributed by atoms with Gasteiger partial charge in [0.05, 0.1) is 12.7 Å². The van der Waals surface area contributed by atoms with Crippen LogP contribution in [0.3, 0.4) is 0 Å². The van der Waals surface area contributed by atoms with Crippen LogP contribution < -0.4 is 4.74 Å². The van der Waals surface area contributed by atoms with Crippen LogP contribution in [-0.2, 0) is 14.3 Å². The summed E-state index contributed by atoms with van der Waals surface area (Å²) in [6.07, 6.45) is 4.05. The first-order valence-corrected chi connectivity index (χ1v) is 10.5. The number of likely N-dealkylation sites (N-methyl/N-ethyl adjacent to an activating group) is 1. The average molecular weight is 424 g/mol. The van der Waals surface area contributed by atoms with Gasteiger partial charge in [-0.3, -0.25) is 4.79 Å². The summed E-state index contributed by atoms with van der Waals surface area (Å²) < 4.78 is 16.9. The SMILES string of the molecule is COc1ccc(C(=O)O[C@H]2[C@H](OC)C=C3C=C4C(=C(C)C(=O)N4C)C[C@]3(C)[C@H]2C)cc1. The van der Waals surface area contributed by atoms with Gasteiger partial charge in [-0.2, -0.15) is 0 Å². The van der Waals surface area contributed by atoms with Crippen molar-refractivity contribution in [1.82, 2.24) is 4.90 Å². The predicted molar refractivity (Wildman–Crippen MR) is 117 cm³/mol. The van der Waals surface area contributed by atoms with Crippen molar-refractivity contribution in [3.63, 3.8) is 0 Å². The Morgan fingerprint density at radius 1 is 1.19 bits per heavy atom. The average Bonchev–Trinajstić information content (AvgIpc) is 2.98. The zero-order chi connectivity index (χ0) is 22.5. The van der Waals surface area contributed by atoms with Gasteiger partial charge in [-0.25, -0.2) is 4.79 Å². The van der Waals surface area contributed by atoms with E-state index in [0.29, 0.717) is 11.3 Å². The quantitative estimate of drug-likeness (QED) is 0.688. The third kappa shape index (κ3) is 3.30. The minimum absolute atomic E-state index is 0.0150. The van der Waals surface area contributed by atoms with E-state index in [9.17, 15) is 9.59 Å². The molecule has 1 heterocycles. The van der Waals surface area contributed by atoms with Crippen LogP contribution in [0.2, 0.25) is 0 Å². The molecule has 4 rings (SSSR count). The zero-order valence-corrected chi connectivity index (χ0v) is 18.9. The molecule has 6 nitrogen and oxygen atoms in total. The normalized spacial score (nSPS) is 29.8. The number of carbonyl (C=O) groups excluding carboxylic acids is 2. The molecule has 31 heavy (non-hydrogen) atoms. The predicted octanol–water partition coefficient (Wildman–Crippen LogP) is 3.89. The lowest BCUT2D eigenvalue weighted by Crippen LogP contribution is -2.49. The van der Waals surface area contributed by atoms with E-state index in [-0.39, 0.29) is 29.3 Å². The fraction of sp³-hybridized carbons (Fsp3) is 0.440. The van der Waals surface area contributed by atoms with Crippen molar-refractivity contribution < 1.29 is 23.8 Å². The molecule has 164 valence electrons. The lowest BCUT2D eigenvalue weighted by molar-refractivity contribution is -0.123. The molecule has 4 atom stereocenters. The minimum Gasteiger partial charge on any atom is -0.497 e. The van der Waals surface area contributed by atoms with Crippen molar-refractivity contribution in [2.24, 2.45) is 11.3 Å². The van der Waals surface area contributed by atoms with E-state index in [1.165, 1.54) is 0 Å². The van der Waals surface area contributed by atoms with Gasteiger partial charge in [-0.15, -0.1) is 0 Å². The van der Waals surface area contributed by atoms with Crippen LogP contribution in [0.5, 0.6) is 5.75 Å². The Labute approximate surface area is 183 Å². The fourth-order valence-electron chi connectivity index (χ4n) is 4.94. The Bertz CT molecular complexity index is 1020. The van der Waals surface area contributed by atoms with Crippen LogP contribution in [-0.4, -0.2) is 50.3 Å². The summed E-state index contributed by atoms with van der Waals surface area (Å²) >= 11 is 0. The van der Waals surface area contributed by atoms with Gasteiger partial charge in [0.15, 0.2) is 0 Å². The number of nitrogens with zero attached hydrogens (tertiary/aromatic N) is 1. The highest BCUT2D eigenvalue weighted by molar-refractivity contribution is 6.00. The highest BCUT2D eigenvalue weighted by Gasteiger charge is 2.51. The first kappa shape index (κ1) is 21.4. The lowest BCUT2D eigenvalue weighted by Gasteiger charge is -2.48. The number of esters is 1. The maximum atomic E-state index is 12.9. The molecule has 2 aliphatic carbocycles. The van der Waals surface area contributed by atoms with Crippen molar-refractivity contribution in [3.8, 4) is 5.75 Å². The number of carbonyl (C=O) groups is 2. The first-order valence-electron chi connectivity index (χ1n) is 10.5. The summed E-state index contributed by atoms with van der Waals surface area (Å²) in [4.78, 5) is 27.1. The van der Waals surface area contributed by atoms with Crippen LogP contribution in [0.4, 0.5) is 0 Å². The number of hydrogen-bond acceptors (Lipinski definition) is 5. The monoisotopic (exact) mass is 423 g/mol. The van der Waals surface area contributed by atoms with Crippen molar-refractivity contribution in [1.29, 1.82) is 0 Å². The molecule has 0 N–H and O–H groups in total. The van der Waals surface area contributed by atoms with Crippen LogP contribution in [0, 0.1) is 11.3 Å². The van der Waals surface area contributed by atoms with Crippen LogP contribution in [0.25, 0.3) is 0 Å². The third-order valence-corrected chi connectivity index (χ3v) is 7.25. The number of rotatable bonds is 4. The third-order valence-electron chi connectivity index (χ3n) is 7.25. The summed E-state index contributed by atoms with van der Waals surface area (Å²) in [5, 5.41) is 0. The van der Waals surface area contributed by atoms with Gasteiger partial charge < -0.3 is 19.1 Å². The summed E-state index contributed by atoms with van der Waals surface area (Å²) in [7, 11) is 5.02. The molecule has 3 aliphatic rings. The van der Waals surface area contributed by atoms with E-state index in [4.69, 9.17) is 14.2 Å². The lowest BCUT2D eigenvalue weighted by atomic mass is 9.59. The summed E-state index contributed by atoms with van der Waals surface area (Å²) in [5.74, 6) is 0.323. The topological polar surface area (TPSA) is 65.1 Å². The van der Waals surface area contributed by atoms with E-state index in [2.05, 4.69) is 19.9 Å². The smallest absolute Gasteiger partial charge is 0.338 e. The maximum absolute atomic E-state index is 12.9. The number of hydrogen-bond donors (Lipinski definition) is 0. The van der Waals surface area contributed by atoms with Crippen LogP contribution in [0.1, 0.15) is 37.6 Å². The fourth-order valence-corrected chi connectivity index (χ4v) is 4.94. The second-order valence-corrected chi connectivity index (χ2v) is 8.80. The molecular weight excluding hydrogens is 394 g/mol. The van der Waals surface area contributed by atoms with Crippen molar-refractivity contribution in [3.05, 3.63) is 64.4 Å². The summed E-state index contributed by atoms with van der Waals surface area (Å²) in [6, 6.07) is 6.88. The molecule has 0 spiro atoms. The minimum atomic E-state index is -0.445. The molecule has 0 aromatic heterocycles. The first-order chi connectivity index (χ1) is 14.7. The van der Waals surface area contributed by atoms with Crippen LogP contribution in [0.15, 0.2) is 58.8 Å². The van der Waals surface area contributed by atoms with Crippen molar-refractivity contribution in [2.45, 2.75) is 39.4 Å². The Morgan fingerprint density at radius 2 is 1.87 bits per heavy atom. The molecule has 0 unspecified atom stereocenters. The molecule has 0 saturated heterocycles. The molecule has 0 saturated carbocycles. The number of allylic oxidation sites excluding steroid dienone is 3. The maximum Gasteiger partial charge on any atom is 0.338 e. The van der Waals surface area contributed by atoms with E-state index < -0.39 is 6.10 Å². The van der Waals surface area contributed by atoms with Crippen LogP contribution >= 0.6 is 0 Å². The van der Waals surface area contributed by atoms with Crippen molar-refractivity contribution >= 4 is 11.9 Å². The molecule has 1 amide bonds. The summed E-state index contributed by atoms with van der Waals surface area (Å²) in [6.45, 7) is 6.17. The van der Waals surface area contributed by atoms with E-state index in [0.717, 1.165) is 28.8 Å². The van der Waals surface area contributed by atoms with Gasteiger partial charge >= 0.3 is 5.97 Å². The Kier molecular flexibility index (Phi) is 5.30. The highest BCUT2D eigenvalue weighted by Crippen LogP contribution is 2.54. The number of fused-ring (bicyclic) bond motifs is 2. The van der Waals surface area contributed by atoms with Gasteiger partial charge in [0.1, 0.15) is 18.0 Å². The molecule has 0 bridgehead atoms. The number of methoxy groups -OCH3 is 2. The number of amides is 1. The number of ether oxygens (including phenoxy) is 3. The van der Waals surface area contributed by atoms with Gasteiger partial charge in [-0.1, -0.05) is 13.8 Å². The Morgan fingerprint density at radius 3 is 2.48 bits per heavy atom. The Balaban J connectivity index is 1.67. The zero-order valence-electron chi connectivity index (χ0n) is 18.9. The molecule has 0 radical (unpaired) electrons. The highest BCUT2D eigenvalue weighted by atomic mass is 16.6. The second-order valence-electron chi connectivity index (χ2n) is 8.80. The van der Waals surface area contributed by atoms with Gasteiger partial charge in [0, 0.05) is 36.8 Å². The summed E-state index contributed by atoms with van der Waals surface area (Å²) in [5.41, 5.74) is 4.15. The molecule has 1 aromatic rings. The van der Waals surface area contributed by atoms with Crippen molar-refractivity contribution in [2.75, 3.05) is 21.3 Å². The van der Waals surface area contributed by atoms with E-state index in [1.807, 2.05) is 20.0 Å². The molecule has 1 aliphatic heterocycles. The Hall–Kier alpha value is -2.86. The van der Waals surface area contributed by atoms with Gasteiger partial charge in [-0.05, 0) is 60.9 Å². The van der Waals surface area contributed by atoms with Gasteiger partial charge in [0.25, 0.3) is 5.91 Å². The molecule has 6 heteroatoms. The standard InChI is InChI=1S/C25H29NO5/c1-14-19-13-25(3)15(2)22(31-24(28)16-7-9-18(29-5)10-8-16)21(30-6)12-17(25)11-20(19)26(4)23(14)27/h7-12,15,21-22H,13H2,1-6H3/t15-,21+,22+,25+/m0/s1. The number of benzene rings is 1. The molecule has 1 aromatic carbocycles. The second kappa shape index (κ2) is 7.68. The largest absolute Gasteiger partial charge is 0.497 e.